The molecule has 36 heavy (non-hydrogen) atoms. The number of aryl methyl sites for hydroxylation is 1. The Hall–Kier alpha value is -4.73. The fraction of sp³-hybridized carbons (Fsp3) is 0.192. The number of amides is 1. The predicted molar refractivity (Wildman–Crippen MR) is 137 cm³/mol. The molecule has 4 aromatic rings. The highest BCUT2D eigenvalue weighted by Gasteiger charge is 2.27. The molecule has 3 N–H and O–H groups in total. The van der Waals surface area contributed by atoms with Gasteiger partial charge < -0.3 is 5.73 Å². The Morgan fingerprint density at radius 1 is 0.944 bits per heavy atom. The van der Waals surface area contributed by atoms with Gasteiger partial charge in [0, 0.05) is 12.6 Å². The zero-order valence-corrected chi connectivity index (χ0v) is 19.8. The second-order valence-corrected chi connectivity index (χ2v) is 8.22. The summed E-state index contributed by atoms with van der Waals surface area (Å²) in [5, 5.41) is 4.21. The fourth-order valence-corrected chi connectivity index (χ4v) is 3.85. The predicted octanol–water partition coefficient (Wildman–Crippen LogP) is 1.98. The number of hydrogen-bond donors (Lipinski definition) is 2. The van der Waals surface area contributed by atoms with Gasteiger partial charge in [-0.3, -0.25) is 28.8 Å². The number of nitrogens with two attached hydrogens (primary N) is 1. The molecule has 0 aliphatic heterocycles. The van der Waals surface area contributed by atoms with Crippen LogP contribution < -0.4 is 27.4 Å². The van der Waals surface area contributed by atoms with Gasteiger partial charge in [0.2, 0.25) is 0 Å². The first-order valence-electron chi connectivity index (χ1n) is 11.5. The highest BCUT2D eigenvalue weighted by Crippen LogP contribution is 2.22. The number of aromatic amines is 1. The van der Waals surface area contributed by atoms with Crippen molar-refractivity contribution in [3.8, 4) is 0 Å². The summed E-state index contributed by atoms with van der Waals surface area (Å²) in [5.74, 6) is -0.787. The Morgan fingerprint density at radius 2 is 1.58 bits per heavy atom. The van der Waals surface area contributed by atoms with Crippen molar-refractivity contribution in [2.45, 2.75) is 33.0 Å². The van der Waals surface area contributed by atoms with Crippen LogP contribution in [0.3, 0.4) is 0 Å². The van der Waals surface area contributed by atoms with Crippen molar-refractivity contribution in [3.05, 3.63) is 121 Å². The van der Waals surface area contributed by atoms with E-state index in [-0.39, 0.29) is 35.8 Å². The Kier molecular flexibility index (Phi) is 7.24. The summed E-state index contributed by atoms with van der Waals surface area (Å²) >= 11 is 0. The van der Waals surface area contributed by atoms with Gasteiger partial charge in [0.15, 0.2) is 5.69 Å². The number of benzene rings is 2. The average Bonchev–Trinajstić information content (AvgIpc) is 2.88. The molecule has 0 radical (unpaired) electrons. The molecule has 2 aromatic carbocycles. The lowest BCUT2D eigenvalue weighted by molar-refractivity contribution is 0.0977. The number of carbonyl (C=O) groups excluding carboxylic acids is 1. The zero-order valence-electron chi connectivity index (χ0n) is 19.8. The Labute approximate surface area is 206 Å². The quantitative estimate of drug-likeness (QED) is 0.391. The summed E-state index contributed by atoms with van der Waals surface area (Å²) in [4.78, 5) is 55.0. The number of hydrogen-bond acceptors (Lipinski definition) is 6. The molecule has 2 aromatic heterocycles. The first-order chi connectivity index (χ1) is 17.4. The summed E-state index contributed by atoms with van der Waals surface area (Å²) in [6.07, 6.45) is 0.648. The smallest absolute Gasteiger partial charge is 0.330 e. The van der Waals surface area contributed by atoms with E-state index in [0.717, 1.165) is 11.1 Å². The van der Waals surface area contributed by atoms with E-state index >= 15 is 0 Å². The van der Waals surface area contributed by atoms with Crippen LogP contribution in [0.25, 0.3) is 0 Å². The summed E-state index contributed by atoms with van der Waals surface area (Å²) in [6, 6.07) is 20.8. The lowest BCUT2D eigenvalue weighted by Gasteiger charge is -2.24. The molecule has 0 saturated heterocycles. The van der Waals surface area contributed by atoms with Gasteiger partial charge in [0.05, 0.1) is 13.1 Å². The lowest BCUT2D eigenvalue weighted by atomic mass is 10.2. The molecule has 0 saturated carbocycles. The van der Waals surface area contributed by atoms with Gasteiger partial charge in [0.1, 0.15) is 11.5 Å². The van der Waals surface area contributed by atoms with Crippen LogP contribution in [-0.2, 0) is 19.6 Å². The van der Waals surface area contributed by atoms with Gasteiger partial charge >= 0.3 is 5.69 Å². The van der Waals surface area contributed by atoms with Crippen LogP contribution in [-0.4, -0.2) is 25.2 Å². The van der Waals surface area contributed by atoms with E-state index in [2.05, 4.69) is 10.1 Å². The first kappa shape index (κ1) is 24.4. The van der Waals surface area contributed by atoms with Crippen molar-refractivity contribution < 1.29 is 4.79 Å². The highest BCUT2D eigenvalue weighted by atomic mass is 16.2. The average molecular weight is 487 g/mol. The van der Waals surface area contributed by atoms with Gasteiger partial charge in [-0.15, -0.1) is 0 Å². The van der Waals surface area contributed by atoms with Crippen molar-refractivity contribution in [3.63, 3.8) is 0 Å². The first-order valence-corrected chi connectivity index (χ1v) is 11.5. The Bertz CT molecular complexity index is 1540. The van der Waals surface area contributed by atoms with E-state index in [1.165, 1.54) is 26.3 Å². The fourth-order valence-electron chi connectivity index (χ4n) is 3.85. The molecular weight excluding hydrogens is 460 g/mol. The number of nitrogens with one attached hydrogen (secondary N) is 1. The number of nitrogen functional groups attached to an aromatic ring is 1. The molecule has 1 amide bonds. The van der Waals surface area contributed by atoms with Crippen molar-refractivity contribution in [1.82, 2.24) is 19.3 Å². The SMILES string of the molecule is CCCn1nc(C(=O)N(Cc2ccccc2)c2c(N)n(Cc3ccccc3)c(=O)[nH]c2=O)ccc1=O. The topological polar surface area (TPSA) is 136 Å². The van der Waals surface area contributed by atoms with E-state index in [1.807, 2.05) is 55.5 Å². The molecular formula is C26H26N6O4. The maximum absolute atomic E-state index is 13.7. The van der Waals surface area contributed by atoms with Crippen LogP contribution in [0.15, 0.2) is 87.2 Å². The molecule has 0 fully saturated rings. The van der Waals surface area contributed by atoms with E-state index < -0.39 is 17.2 Å². The van der Waals surface area contributed by atoms with Crippen molar-refractivity contribution in [2.24, 2.45) is 0 Å². The maximum atomic E-state index is 13.7. The van der Waals surface area contributed by atoms with Gasteiger partial charge in [-0.1, -0.05) is 67.6 Å². The van der Waals surface area contributed by atoms with Gasteiger partial charge in [-0.2, -0.15) is 5.10 Å². The van der Waals surface area contributed by atoms with Crippen molar-refractivity contribution in [1.29, 1.82) is 0 Å². The third-order valence-electron chi connectivity index (χ3n) is 5.62. The van der Waals surface area contributed by atoms with Crippen LogP contribution in [0.4, 0.5) is 11.5 Å². The third-order valence-corrected chi connectivity index (χ3v) is 5.62. The second-order valence-electron chi connectivity index (χ2n) is 8.22. The molecule has 2 heterocycles. The number of nitrogens with zero attached hydrogens (tertiary/aromatic N) is 4. The summed E-state index contributed by atoms with van der Waals surface area (Å²) in [7, 11) is 0. The molecule has 184 valence electrons. The molecule has 0 aliphatic carbocycles. The maximum Gasteiger partial charge on any atom is 0.330 e. The number of carbonyl (C=O) groups is 1. The minimum absolute atomic E-state index is 0.00885. The highest BCUT2D eigenvalue weighted by molar-refractivity contribution is 6.05. The van der Waals surface area contributed by atoms with E-state index in [9.17, 15) is 19.2 Å². The number of aromatic nitrogens is 4. The lowest BCUT2D eigenvalue weighted by Crippen LogP contribution is -2.41. The van der Waals surface area contributed by atoms with Crippen LogP contribution in [0, 0.1) is 0 Å². The Balaban J connectivity index is 1.85. The molecule has 10 nitrogen and oxygen atoms in total. The van der Waals surface area contributed by atoms with Crippen LogP contribution in [0.5, 0.6) is 0 Å². The van der Waals surface area contributed by atoms with Gasteiger partial charge in [-0.25, -0.2) is 9.48 Å². The van der Waals surface area contributed by atoms with Crippen molar-refractivity contribution in [2.75, 3.05) is 10.6 Å². The van der Waals surface area contributed by atoms with E-state index in [1.54, 1.807) is 12.1 Å². The molecule has 0 bridgehead atoms. The molecule has 10 heteroatoms. The monoisotopic (exact) mass is 486 g/mol. The van der Waals surface area contributed by atoms with E-state index in [4.69, 9.17) is 5.73 Å². The Morgan fingerprint density at radius 3 is 2.22 bits per heavy atom. The normalized spacial score (nSPS) is 10.8. The molecule has 0 unspecified atom stereocenters. The van der Waals surface area contributed by atoms with Crippen LogP contribution in [0.2, 0.25) is 0 Å². The summed E-state index contributed by atoms with van der Waals surface area (Å²) in [6.45, 7) is 2.32. The minimum atomic E-state index is -0.798. The molecule has 0 aliphatic rings. The van der Waals surface area contributed by atoms with Crippen LogP contribution >= 0.6 is 0 Å². The molecule has 0 spiro atoms. The zero-order chi connectivity index (χ0) is 25.7. The number of rotatable bonds is 8. The van der Waals surface area contributed by atoms with Crippen molar-refractivity contribution >= 4 is 17.4 Å². The van der Waals surface area contributed by atoms with Gasteiger partial charge in [0.25, 0.3) is 17.0 Å². The van der Waals surface area contributed by atoms with E-state index in [0.29, 0.717) is 13.0 Å². The minimum Gasteiger partial charge on any atom is -0.383 e. The molecule has 0 atom stereocenters. The van der Waals surface area contributed by atoms with Gasteiger partial charge in [-0.05, 0) is 23.6 Å². The number of anilines is 2. The second kappa shape index (κ2) is 10.7. The number of H-pyrrole nitrogens is 1. The summed E-state index contributed by atoms with van der Waals surface area (Å²) < 4.78 is 2.42. The standard InChI is InChI=1S/C26H26N6O4/c1-2-15-32-21(33)14-13-20(29-32)25(35)30(16-18-9-5-3-6-10-18)22-23(27)31(26(36)28-24(22)34)17-19-11-7-4-8-12-19/h3-14H,2,15-17,27H2,1H3,(H,28,34,36). The largest absolute Gasteiger partial charge is 0.383 e. The summed E-state index contributed by atoms with van der Waals surface area (Å²) in [5.41, 5.74) is 5.87. The molecule has 4 rings (SSSR count). The van der Waals surface area contributed by atoms with Crippen LogP contribution in [0.1, 0.15) is 35.0 Å². The third kappa shape index (κ3) is 5.17.